The van der Waals surface area contributed by atoms with Gasteiger partial charge >= 0.3 is 0 Å². The molecule has 0 radical (unpaired) electrons. The first-order valence-corrected chi connectivity index (χ1v) is 8.48. The van der Waals surface area contributed by atoms with Crippen LogP contribution in [0.4, 0.5) is 0 Å². The van der Waals surface area contributed by atoms with Crippen LogP contribution in [0.5, 0.6) is 11.5 Å². The maximum atomic E-state index is 10.9. The molecule has 1 aromatic carbocycles. The van der Waals surface area contributed by atoms with Gasteiger partial charge in [0, 0.05) is 24.8 Å². The Hall–Kier alpha value is -1.56. The summed E-state index contributed by atoms with van der Waals surface area (Å²) in [5.74, 6) is 1.59. The molecule has 3 heterocycles. The van der Waals surface area contributed by atoms with Gasteiger partial charge in [0.25, 0.3) is 0 Å². The smallest absolute Gasteiger partial charge is 0.231 e. The summed E-state index contributed by atoms with van der Waals surface area (Å²) in [5, 5.41) is 21.5. The molecule has 4 aliphatic rings. The number of benzene rings is 1. The normalized spacial score (nSPS) is 37.4. The molecule has 5 rings (SSSR count). The molecule has 5 nitrogen and oxygen atoms in total. The van der Waals surface area contributed by atoms with Crippen molar-refractivity contribution in [1.82, 2.24) is 0 Å². The van der Waals surface area contributed by atoms with Crippen LogP contribution in [0, 0.1) is 0 Å². The highest BCUT2D eigenvalue weighted by Crippen LogP contribution is 2.49. The van der Waals surface area contributed by atoms with Crippen molar-refractivity contribution in [3.63, 3.8) is 0 Å². The lowest BCUT2D eigenvalue weighted by molar-refractivity contribution is -0.932. The summed E-state index contributed by atoms with van der Waals surface area (Å²) in [6.07, 6.45) is 1.50. The van der Waals surface area contributed by atoms with Crippen molar-refractivity contribution < 1.29 is 24.6 Å². The second-order valence-corrected chi connectivity index (χ2v) is 7.24. The lowest BCUT2D eigenvalue weighted by Gasteiger charge is -2.36. The van der Waals surface area contributed by atoms with Gasteiger partial charge in [-0.3, -0.25) is 0 Å². The van der Waals surface area contributed by atoms with E-state index >= 15 is 0 Å². The molecule has 1 aliphatic carbocycles. The van der Waals surface area contributed by atoms with Crippen LogP contribution >= 0.6 is 0 Å². The van der Waals surface area contributed by atoms with E-state index in [9.17, 15) is 10.2 Å². The number of aliphatic hydroxyl groups is 2. The van der Waals surface area contributed by atoms with Gasteiger partial charge in [-0.05, 0) is 35.8 Å². The summed E-state index contributed by atoms with van der Waals surface area (Å²) in [7, 11) is 0. The molecule has 1 spiro atoms. The fourth-order valence-corrected chi connectivity index (χ4v) is 5.30. The average molecular weight is 316 g/mol. The van der Waals surface area contributed by atoms with E-state index in [0.717, 1.165) is 60.6 Å². The highest BCUT2D eigenvalue weighted by molar-refractivity contribution is 5.82. The van der Waals surface area contributed by atoms with Crippen LogP contribution < -0.4 is 14.4 Å². The third-order valence-corrected chi connectivity index (χ3v) is 6.33. The molecular formula is C18H22NO4+. The van der Waals surface area contributed by atoms with Gasteiger partial charge in [0.1, 0.15) is 12.2 Å². The monoisotopic (exact) mass is 316 g/mol. The Morgan fingerprint density at radius 3 is 2.78 bits per heavy atom. The van der Waals surface area contributed by atoms with Crippen molar-refractivity contribution in [2.45, 2.75) is 43.9 Å². The SMILES string of the molecule is CC1=C2c3cc4c(cc3CC[NH+]3CCC[C@]23[C@H](O)[C@@H]1O)OCO4. The molecule has 3 N–H and O–H groups in total. The number of hydrogen-bond donors (Lipinski definition) is 3. The van der Waals surface area contributed by atoms with Gasteiger partial charge in [0.2, 0.25) is 6.79 Å². The van der Waals surface area contributed by atoms with E-state index < -0.39 is 12.2 Å². The van der Waals surface area contributed by atoms with Crippen molar-refractivity contribution in [2.24, 2.45) is 0 Å². The van der Waals surface area contributed by atoms with Crippen LogP contribution in [-0.2, 0) is 6.42 Å². The Balaban J connectivity index is 1.78. The summed E-state index contributed by atoms with van der Waals surface area (Å²) < 4.78 is 11.1. The van der Waals surface area contributed by atoms with Crippen LogP contribution in [0.15, 0.2) is 17.7 Å². The number of hydrogen-bond acceptors (Lipinski definition) is 4. The molecule has 4 atom stereocenters. The summed E-state index contributed by atoms with van der Waals surface area (Å²) >= 11 is 0. The lowest BCUT2D eigenvalue weighted by atomic mass is 9.81. The van der Waals surface area contributed by atoms with Crippen LogP contribution in [0.1, 0.15) is 30.9 Å². The van der Waals surface area contributed by atoms with E-state index in [0.29, 0.717) is 0 Å². The molecule has 1 unspecified atom stereocenters. The van der Waals surface area contributed by atoms with E-state index in [4.69, 9.17) is 9.47 Å². The molecule has 23 heavy (non-hydrogen) atoms. The molecule has 0 bridgehead atoms. The van der Waals surface area contributed by atoms with Crippen LogP contribution in [0.2, 0.25) is 0 Å². The van der Waals surface area contributed by atoms with Gasteiger partial charge < -0.3 is 24.6 Å². The van der Waals surface area contributed by atoms with E-state index in [1.165, 1.54) is 10.5 Å². The van der Waals surface area contributed by atoms with Crippen molar-refractivity contribution in [1.29, 1.82) is 0 Å². The second kappa shape index (κ2) is 4.50. The minimum absolute atomic E-state index is 0.268. The highest BCUT2D eigenvalue weighted by atomic mass is 16.7. The zero-order valence-corrected chi connectivity index (χ0v) is 13.3. The second-order valence-electron chi connectivity index (χ2n) is 7.24. The zero-order valence-electron chi connectivity index (χ0n) is 13.3. The number of aliphatic hydroxyl groups excluding tert-OH is 2. The first kappa shape index (κ1) is 13.8. The third kappa shape index (κ3) is 1.57. The van der Waals surface area contributed by atoms with Crippen molar-refractivity contribution in [3.8, 4) is 11.5 Å². The standard InChI is InChI=1S/C18H21NO4/c1-10-15-12-8-14-13(22-9-23-14)7-11(12)3-6-19-5-2-4-18(15,19)17(21)16(10)20/h7-8,16-17,20-21H,2-6,9H2,1H3/p+1/t16-,17-,18-/m1/s1. The summed E-state index contributed by atoms with van der Waals surface area (Å²) in [6.45, 7) is 4.27. The van der Waals surface area contributed by atoms with E-state index in [1.807, 2.05) is 6.92 Å². The maximum absolute atomic E-state index is 10.9. The molecule has 0 saturated carbocycles. The molecule has 122 valence electrons. The largest absolute Gasteiger partial charge is 0.454 e. The topological polar surface area (TPSA) is 63.4 Å². The van der Waals surface area contributed by atoms with Gasteiger partial charge in [-0.15, -0.1) is 0 Å². The number of quaternary nitrogens is 1. The first-order chi connectivity index (χ1) is 11.1. The van der Waals surface area contributed by atoms with Crippen LogP contribution in [0.25, 0.3) is 5.57 Å². The predicted octanol–water partition coefficient (Wildman–Crippen LogP) is -0.102. The molecule has 0 amide bonds. The molecule has 5 heteroatoms. The molecule has 1 saturated heterocycles. The minimum atomic E-state index is -0.769. The number of nitrogens with one attached hydrogen (secondary N) is 1. The Morgan fingerprint density at radius 1 is 1.17 bits per heavy atom. The fraction of sp³-hybridized carbons (Fsp3) is 0.556. The van der Waals surface area contributed by atoms with Gasteiger partial charge in [-0.1, -0.05) is 0 Å². The van der Waals surface area contributed by atoms with E-state index in [1.54, 1.807) is 0 Å². The van der Waals surface area contributed by atoms with Crippen LogP contribution in [-0.4, -0.2) is 47.8 Å². The molecular weight excluding hydrogens is 294 g/mol. The minimum Gasteiger partial charge on any atom is -0.454 e. The summed E-state index contributed by atoms with van der Waals surface area (Å²) in [6, 6.07) is 4.15. The average Bonchev–Trinajstić information content (AvgIpc) is 3.19. The first-order valence-electron chi connectivity index (χ1n) is 8.48. The van der Waals surface area contributed by atoms with E-state index in [2.05, 4.69) is 12.1 Å². The van der Waals surface area contributed by atoms with E-state index in [-0.39, 0.29) is 12.3 Å². The zero-order chi connectivity index (χ0) is 15.8. The van der Waals surface area contributed by atoms with Gasteiger partial charge in [-0.2, -0.15) is 0 Å². The number of fused-ring (bicyclic) bond motifs is 3. The van der Waals surface area contributed by atoms with Gasteiger partial charge in [0.05, 0.1) is 13.1 Å². The Labute approximate surface area is 135 Å². The maximum Gasteiger partial charge on any atom is 0.231 e. The number of ether oxygens (including phenoxy) is 2. The molecule has 1 aromatic rings. The fourth-order valence-electron chi connectivity index (χ4n) is 5.30. The molecule has 1 fully saturated rings. The highest BCUT2D eigenvalue weighted by Gasteiger charge is 2.62. The Bertz CT molecular complexity index is 728. The Kier molecular flexibility index (Phi) is 2.71. The third-order valence-electron chi connectivity index (χ3n) is 6.33. The Morgan fingerprint density at radius 2 is 1.96 bits per heavy atom. The van der Waals surface area contributed by atoms with Crippen molar-refractivity contribution in [2.75, 3.05) is 19.9 Å². The van der Waals surface area contributed by atoms with Crippen LogP contribution in [0.3, 0.4) is 0 Å². The molecule has 0 aromatic heterocycles. The lowest BCUT2D eigenvalue weighted by Crippen LogP contribution is -3.19. The number of rotatable bonds is 0. The van der Waals surface area contributed by atoms with Gasteiger partial charge in [0.15, 0.2) is 17.0 Å². The summed E-state index contributed by atoms with van der Waals surface area (Å²) in [5.41, 5.74) is 4.09. The molecule has 3 aliphatic heterocycles. The van der Waals surface area contributed by atoms with Gasteiger partial charge in [-0.25, -0.2) is 0 Å². The predicted molar refractivity (Wildman–Crippen MR) is 83.5 cm³/mol. The van der Waals surface area contributed by atoms with Crippen molar-refractivity contribution >= 4 is 5.57 Å². The quantitative estimate of drug-likeness (QED) is 0.625. The van der Waals surface area contributed by atoms with Crippen molar-refractivity contribution in [3.05, 3.63) is 28.8 Å². The summed E-state index contributed by atoms with van der Waals surface area (Å²) in [4.78, 5) is 1.41.